The summed E-state index contributed by atoms with van der Waals surface area (Å²) in [7, 11) is -0.744. The topological polar surface area (TPSA) is 555 Å². The van der Waals surface area contributed by atoms with Gasteiger partial charge in [0.2, 0.25) is 59.1 Å². The third kappa shape index (κ3) is 29.2. The molecule has 1 aliphatic heterocycles. The molecule has 8 aromatic rings. The molecule has 39 heteroatoms. The van der Waals surface area contributed by atoms with Crippen LogP contribution in [-0.4, -0.2) is 236 Å². The molecule has 0 radical (unpaired) electrons. The van der Waals surface area contributed by atoms with Crippen LogP contribution in [-0.2, 0) is 88.5 Å². The molecule has 129 heavy (non-hydrogen) atoms. The number of amides is 11. The number of hydrogen-bond acceptors (Lipinski definition) is 23. The molecule has 0 bridgehead atoms. The van der Waals surface area contributed by atoms with Crippen molar-refractivity contribution in [3.05, 3.63) is 181 Å². The summed E-state index contributed by atoms with van der Waals surface area (Å²) >= 11 is 0. The third-order valence-electron chi connectivity index (χ3n) is 22.5. The van der Waals surface area contributed by atoms with E-state index in [1.54, 1.807) is 121 Å². The molecule has 0 spiro atoms. The van der Waals surface area contributed by atoms with Gasteiger partial charge in [-0.25, -0.2) is 15.0 Å². The second kappa shape index (κ2) is 48.7. The number of likely N-dealkylation sites (tertiary alicyclic amines) is 1. The fourth-order valence-electron chi connectivity index (χ4n) is 14.9. The summed E-state index contributed by atoms with van der Waals surface area (Å²) in [6, 6.07) is 18.4. The second-order valence-corrected chi connectivity index (χ2v) is 34.6. The predicted octanol–water partition coefficient (Wildman–Crippen LogP) is 5.93. The zero-order valence-corrected chi connectivity index (χ0v) is 75.4. The Bertz CT molecular complexity index is 5200. The average molecular weight is 1800 g/mol. The van der Waals surface area contributed by atoms with E-state index in [4.69, 9.17) is 0 Å². The Balaban J connectivity index is 0.0000206. The summed E-state index contributed by atoms with van der Waals surface area (Å²) < 4.78 is 34.6. The van der Waals surface area contributed by atoms with Gasteiger partial charge in [0.1, 0.15) is 71.6 Å². The third-order valence-corrected chi connectivity index (χ3v) is 23.4. The van der Waals surface area contributed by atoms with Crippen LogP contribution in [0.5, 0.6) is 0 Å². The van der Waals surface area contributed by atoms with E-state index < -0.39 is 153 Å². The predicted molar refractivity (Wildman–Crippen MR) is 484 cm³/mol. The Morgan fingerprint density at radius 1 is 0.574 bits per heavy atom. The van der Waals surface area contributed by atoms with E-state index in [9.17, 15) is 51.6 Å². The van der Waals surface area contributed by atoms with Gasteiger partial charge in [-0.15, -0.1) is 0 Å². The lowest BCUT2D eigenvalue weighted by atomic mass is 9.95. The van der Waals surface area contributed by atoms with Gasteiger partial charge >= 0.3 is 0 Å². The Morgan fingerprint density at radius 2 is 1.09 bits per heavy atom. The Labute approximate surface area is 750 Å². The molecule has 0 aliphatic carbocycles. The molecule has 13 atom stereocenters. The molecule has 4 heterocycles. The first-order chi connectivity index (χ1) is 61.1. The first-order valence-electron chi connectivity index (χ1n) is 43.1. The number of benzene rings is 5. The van der Waals surface area contributed by atoms with Crippen LogP contribution in [0, 0.1) is 23.7 Å². The molecule has 694 valence electrons. The van der Waals surface area contributed by atoms with Gasteiger partial charge in [0.15, 0.2) is 0 Å². The van der Waals surface area contributed by atoms with Crippen molar-refractivity contribution in [3.63, 3.8) is 0 Å². The number of aliphatic hydroxyl groups excluding tert-OH is 1. The summed E-state index contributed by atoms with van der Waals surface area (Å²) in [5.41, 5.74) is 4.84. The molecular formula is C90H122N22O16S. The van der Waals surface area contributed by atoms with Gasteiger partial charge in [0, 0.05) is 136 Å². The standard InChI is InChI=1S/C90H119N21O16S.H3N/c1-12-55(7)79(104-77(114)28-19-37-95-81(115)59-29-31-60(32-30-59)107-108-61-33-35-65(36-34-61)109(10)11)87(121)102-72(44-63-47-92-51-97-63)89(123)110-39-20-26-74(110)85(119)101-70(42-58-21-15-14-16-22-58)82(116)100-71(43-62-46-91-50-96-62)83(117)99-69(41-53(3)4)84(118)105-78(54(5)6)86(120)106-80(56(8)13-2)88(122)103-73(45-64-48-93-52-98-64)90(124)111(75(49-112)57(9)113)40-38-94-68-25-17-24-67-66(68)23-18-27-76(67)128(125,126)127;/h14-18,21-25,27,29-36,46-57,69-75,78-80,94,113H,12-13,19-20,26,28,37-45H2,1-11H3,(H,91,96)(H,92,97)(H,93,98)(H,95,115)(H,99,117)(H,100,116)(H,101,119)(H,102,121)(H,103,122)(H,104,114)(H,105,118)(H,106,120)(H,125,126,127);1H3/t55-,56-,57+,69-,70-,71-,72-,73-,74-,75+,78-,79-,80-;/m0./s1. The van der Waals surface area contributed by atoms with Crippen LogP contribution in [0.1, 0.15) is 140 Å². The van der Waals surface area contributed by atoms with Crippen molar-refractivity contribution in [1.82, 2.24) is 93.7 Å². The number of imidazole rings is 3. The van der Waals surface area contributed by atoms with E-state index in [2.05, 4.69) is 93.3 Å². The van der Waals surface area contributed by atoms with Crippen LogP contribution in [0.25, 0.3) is 10.8 Å². The largest absolute Gasteiger partial charge is 0.391 e. The molecule has 1 saturated heterocycles. The van der Waals surface area contributed by atoms with Gasteiger partial charge < -0.3 is 98.9 Å². The van der Waals surface area contributed by atoms with Gasteiger partial charge in [0.25, 0.3) is 16.0 Å². The molecular weight excluding hydrogens is 1680 g/mol. The Morgan fingerprint density at radius 3 is 1.63 bits per heavy atom. The molecule has 5 aromatic carbocycles. The number of H-pyrrole nitrogens is 3. The maximum absolute atomic E-state index is 15.2. The number of nitrogens with zero attached hydrogens (tertiary/aromatic N) is 8. The number of aldehydes is 1. The zero-order chi connectivity index (χ0) is 92.9. The molecule has 3 aromatic heterocycles. The summed E-state index contributed by atoms with van der Waals surface area (Å²) in [6.45, 7) is 15.2. The van der Waals surface area contributed by atoms with Crippen LogP contribution in [0.4, 0.5) is 22.7 Å². The maximum atomic E-state index is 15.2. The summed E-state index contributed by atoms with van der Waals surface area (Å²) in [5, 5.41) is 48.8. The average Bonchev–Trinajstić information content (AvgIpc) is 1.49. The van der Waals surface area contributed by atoms with Gasteiger partial charge in [-0.2, -0.15) is 18.6 Å². The molecule has 0 unspecified atom stereocenters. The number of azo groups is 1. The zero-order valence-electron chi connectivity index (χ0n) is 74.6. The number of rotatable bonds is 48. The minimum Gasteiger partial charge on any atom is -0.391 e. The maximum Gasteiger partial charge on any atom is 0.295 e. The highest BCUT2D eigenvalue weighted by molar-refractivity contribution is 7.86. The molecule has 0 saturated carbocycles. The number of aliphatic hydroxyl groups is 1. The van der Waals surface area contributed by atoms with E-state index in [0.29, 0.717) is 76.2 Å². The van der Waals surface area contributed by atoms with Gasteiger partial charge in [-0.3, -0.25) is 57.3 Å². The van der Waals surface area contributed by atoms with E-state index in [1.807, 2.05) is 50.2 Å². The fourth-order valence-corrected chi connectivity index (χ4v) is 15.6. The van der Waals surface area contributed by atoms with Crippen molar-refractivity contribution in [2.24, 2.45) is 33.9 Å². The molecule has 1 aliphatic rings. The van der Waals surface area contributed by atoms with Crippen molar-refractivity contribution in [2.45, 2.75) is 204 Å². The first kappa shape index (κ1) is 101. The minimum absolute atomic E-state index is 0. The lowest BCUT2D eigenvalue weighted by molar-refractivity contribution is -0.143. The number of carbonyl (C=O) groups excluding carboxylic acids is 12. The minimum atomic E-state index is -4.63. The summed E-state index contributed by atoms with van der Waals surface area (Å²) in [4.78, 5) is 200. The van der Waals surface area contributed by atoms with E-state index in [0.717, 1.165) is 10.6 Å². The molecule has 38 nitrogen and oxygen atoms in total. The summed E-state index contributed by atoms with van der Waals surface area (Å²) in [5.74, 6) is -9.83. The van der Waals surface area contributed by atoms with Crippen LogP contribution >= 0.6 is 0 Å². The number of nitrogens with one attached hydrogen (secondary N) is 13. The lowest BCUT2D eigenvalue weighted by Crippen LogP contribution is -2.62. The van der Waals surface area contributed by atoms with Crippen molar-refractivity contribution in [1.29, 1.82) is 0 Å². The van der Waals surface area contributed by atoms with Gasteiger partial charge in [-0.05, 0) is 123 Å². The molecule has 11 amide bonds. The number of hydrogen-bond donors (Lipinski definition) is 16. The van der Waals surface area contributed by atoms with Crippen molar-refractivity contribution < 1.29 is 75.6 Å². The van der Waals surface area contributed by atoms with E-state index in [-0.39, 0.29) is 106 Å². The highest BCUT2D eigenvalue weighted by Crippen LogP contribution is 2.30. The normalized spacial score (nSPS) is 15.5. The SMILES string of the molecule is CC[C@H](C)[C@H](NC(=O)CCCNC(=O)c1ccc(N=Nc2ccc(N(C)C)cc2)cc1)C(=O)N[C@@H](Cc1cnc[nH]1)C(=O)N1CCC[C@H]1C(=O)N[C@@H](Cc1ccccc1)C(=O)N[C@@H](Cc1cnc[nH]1)C(=O)N[C@@H](CC(C)C)C(=O)N[C@H](C(=O)N[C@H](C(=O)N[C@@H](Cc1cnc[nH]1)C(=O)N(CCNc1cccc2c(S(=O)(=O)O)cccc12)[C@H](C=O)[C@@H](C)O)[C@@H](C)CC)C(C)C.N. The first-order valence-corrected chi connectivity index (χ1v) is 44.5. The van der Waals surface area contributed by atoms with Crippen LogP contribution < -0.4 is 64.2 Å². The monoisotopic (exact) mass is 1800 g/mol. The van der Waals surface area contributed by atoms with Crippen LogP contribution in [0.3, 0.4) is 0 Å². The lowest BCUT2D eigenvalue weighted by Gasteiger charge is -2.34. The van der Waals surface area contributed by atoms with E-state index in [1.165, 1.54) is 67.6 Å². The molecule has 1 fully saturated rings. The van der Waals surface area contributed by atoms with Crippen molar-refractivity contribution in [2.75, 3.05) is 50.5 Å². The van der Waals surface area contributed by atoms with E-state index >= 15 is 24.0 Å². The van der Waals surface area contributed by atoms with Crippen LogP contribution in [0.15, 0.2) is 168 Å². The smallest absolute Gasteiger partial charge is 0.295 e. The van der Waals surface area contributed by atoms with Crippen molar-refractivity contribution in [3.8, 4) is 0 Å². The number of anilines is 2. The van der Waals surface area contributed by atoms with Gasteiger partial charge in [0.05, 0.1) is 36.5 Å². The highest BCUT2D eigenvalue weighted by atomic mass is 32.2. The number of aromatic nitrogens is 6. The Kier molecular flexibility index (Phi) is 38.2. The summed E-state index contributed by atoms with van der Waals surface area (Å²) in [6.07, 6.45) is 8.23. The fraction of sp³-hybridized carbons (Fsp3) is 0.456. The number of fused-ring (bicyclic) bond motifs is 1. The molecule has 18 N–H and O–H groups in total. The van der Waals surface area contributed by atoms with Crippen molar-refractivity contribution >= 4 is 115 Å². The second-order valence-electron chi connectivity index (χ2n) is 33.2. The quantitative estimate of drug-likeness (QED) is 0.00908. The van der Waals surface area contributed by atoms with Crippen LogP contribution in [0.2, 0.25) is 0 Å². The molecule has 9 rings (SSSR count). The highest BCUT2D eigenvalue weighted by Gasteiger charge is 2.43. The number of aromatic amines is 3. The Hall–Kier alpha value is -13.1. The van der Waals surface area contributed by atoms with Gasteiger partial charge in [-0.1, -0.05) is 123 Å². The number of carbonyl (C=O) groups is 12.